The van der Waals surface area contributed by atoms with Crippen molar-refractivity contribution >= 4 is 81.4 Å². The summed E-state index contributed by atoms with van der Waals surface area (Å²) >= 11 is -4.75. The third kappa shape index (κ3) is 8.16. The summed E-state index contributed by atoms with van der Waals surface area (Å²) in [7, 11) is 0. The van der Waals surface area contributed by atoms with Crippen LogP contribution in [0.4, 0.5) is 47.1 Å². The fourth-order valence-corrected chi connectivity index (χ4v) is 6.05. The first-order chi connectivity index (χ1) is 23.2. The van der Waals surface area contributed by atoms with Crippen LogP contribution < -0.4 is 31.9 Å². The maximum absolute atomic E-state index is 12.3. The first-order valence-corrected chi connectivity index (χ1v) is 16.8. The molecule has 0 bridgehead atoms. The SMILES string of the molecule is Nc1nc(Nc2ccc(/C=C/c3ccc(Nc4nc(N)nc(N5CCOCC5)n4)cc3S(=O)O)c(S(=O)O)c2)nc(N2CCOCC2)n1. The van der Waals surface area contributed by atoms with Crippen molar-refractivity contribution in [2.24, 2.45) is 0 Å². The van der Waals surface area contributed by atoms with Crippen molar-refractivity contribution in [1.29, 1.82) is 0 Å². The van der Waals surface area contributed by atoms with Crippen LogP contribution in [0, 0.1) is 0 Å². The van der Waals surface area contributed by atoms with E-state index in [1.165, 1.54) is 12.1 Å². The molecule has 2 saturated heterocycles. The van der Waals surface area contributed by atoms with Gasteiger partial charge in [0.15, 0.2) is 22.2 Å². The Morgan fingerprint density at radius 1 is 0.646 bits per heavy atom. The Kier molecular flexibility index (Phi) is 10.3. The second-order valence-electron chi connectivity index (χ2n) is 10.4. The average Bonchev–Trinajstić information content (AvgIpc) is 3.08. The van der Waals surface area contributed by atoms with Crippen LogP contribution in [-0.4, -0.2) is 100 Å². The van der Waals surface area contributed by atoms with E-state index in [-0.39, 0.29) is 33.6 Å². The minimum absolute atomic E-state index is 0.0213. The van der Waals surface area contributed by atoms with Gasteiger partial charge in [0.05, 0.1) is 36.2 Å². The number of morpholine rings is 2. The van der Waals surface area contributed by atoms with E-state index in [9.17, 15) is 17.5 Å². The summed E-state index contributed by atoms with van der Waals surface area (Å²) in [5.74, 6) is 1.17. The van der Waals surface area contributed by atoms with Crippen molar-refractivity contribution in [3.63, 3.8) is 0 Å². The fraction of sp³-hybridized carbons (Fsp3) is 0.286. The molecular formula is C28H32N12O6S2. The quantitative estimate of drug-likeness (QED) is 0.102. The molecule has 48 heavy (non-hydrogen) atoms. The number of nitrogens with two attached hydrogens (primary N) is 2. The summed E-state index contributed by atoms with van der Waals surface area (Å²) < 4.78 is 55.6. The lowest BCUT2D eigenvalue weighted by atomic mass is 10.1. The molecule has 2 unspecified atom stereocenters. The molecule has 0 amide bonds. The van der Waals surface area contributed by atoms with Gasteiger partial charge in [-0.2, -0.15) is 29.9 Å². The highest BCUT2D eigenvalue weighted by atomic mass is 32.2. The Hall–Kier alpha value is -4.86. The van der Waals surface area contributed by atoms with E-state index < -0.39 is 22.2 Å². The smallest absolute Gasteiger partial charge is 0.233 e. The average molecular weight is 697 g/mol. The molecule has 2 atom stereocenters. The Morgan fingerprint density at radius 2 is 1.04 bits per heavy atom. The molecule has 2 aliphatic rings. The maximum atomic E-state index is 12.3. The summed E-state index contributed by atoms with van der Waals surface area (Å²) in [4.78, 5) is 29.6. The van der Waals surface area contributed by atoms with Crippen LogP contribution in [0.25, 0.3) is 12.2 Å². The Balaban J connectivity index is 1.21. The number of ether oxygens (including phenoxy) is 2. The molecule has 2 fully saturated rings. The van der Waals surface area contributed by atoms with Crippen molar-refractivity contribution in [2.45, 2.75) is 9.79 Å². The van der Waals surface area contributed by atoms with Gasteiger partial charge in [-0.3, -0.25) is 0 Å². The predicted molar refractivity (Wildman–Crippen MR) is 181 cm³/mol. The number of nitrogen functional groups attached to an aromatic ring is 2. The van der Waals surface area contributed by atoms with Crippen LogP contribution >= 0.6 is 0 Å². The van der Waals surface area contributed by atoms with E-state index in [4.69, 9.17) is 20.9 Å². The number of nitrogens with one attached hydrogen (secondary N) is 2. The zero-order valence-corrected chi connectivity index (χ0v) is 27.0. The first kappa shape index (κ1) is 33.1. The van der Waals surface area contributed by atoms with Crippen LogP contribution in [0.3, 0.4) is 0 Å². The number of benzene rings is 2. The molecule has 4 aromatic rings. The highest BCUT2D eigenvalue weighted by Gasteiger charge is 2.18. The lowest BCUT2D eigenvalue weighted by Gasteiger charge is -2.26. The molecule has 4 heterocycles. The largest absolute Gasteiger partial charge is 0.378 e. The first-order valence-electron chi connectivity index (χ1n) is 14.6. The molecule has 2 aromatic carbocycles. The van der Waals surface area contributed by atoms with Crippen molar-refractivity contribution in [3.8, 4) is 0 Å². The van der Waals surface area contributed by atoms with Gasteiger partial charge in [0.1, 0.15) is 0 Å². The maximum Gasteiger partial charge on any atom is 0.233 e. The molecule has 0 spiro atoms. The van der Waals surface area contributed by atoms with Gasteiger partial charge in [0, 0.05) is 37.6 Å². The zero-order valence-electron chi connectivity index (χ0n) is 25.4. The molecule has 8 N–H and O–H groups in total. The molecule has 0 radical (unpaired) electrons. The van der Waals surface area contributed by atoms with Crippen LogP contribution in [0.15, 0.2) is 46.2 Å². The minimum atomic E-state index is -2.38. The number of aromatic nitrogens is 6. The zero-order chi connectivity index (χ0) is 33.6. The third-order valence-corrected chi connectivity index (χ3v) is 8.69. The van der Waals surface area contributed by atoms with Gasteiger partial charge in [-0.1, -0.05) is 24.3 Å². The highest BCUT2D eigenvalue weighted by molar-refractivity contribution is 7.79. The Labute approximate surface area is 279 Å². The minimum Gasteiger partial charge on any atom is -0.378 e. The van der Waals surface area contributed by atoms with E-state index in [0.717, 1.165) is 0 Å². The van der Waals surface area contributed by atoms with E-state index in [1.807, 2.05) is 9.80 Å². The Bertz CT molecular complexity index is 1740. The molecule has 2 aliphatic heterocycles. The van der Waals surface area contributed by atoms with Gasteiger partial charge < -0.3 is 50.5 Å². The second-order valence-corrected chi connectivity index (χ2v) is 12.3. The van der Waals surface area contributed by atoms with Gasteiger partial charge in [-0.15, -0.1) is 0 Å². The van der Waals surface area contributed by atoms with E-state index in [1.54, 1.807) is 36.4 Å². The summed E-state index contributed by atoms with van der Waals surface area (Å²) in [6, 6.07) is 9.56. The van der Waals surface area contributed by atoms with E-state index in [0.29, 0.717) is 87.0 Å². The van der Waals surface area contributed by atoms with Gasteiger partial charge in [-0.25, -0.2) is 8.42 Å². The summed E-state index contributed by atoms with van der Waals surface area (Å²) in [6.07, 6.45) is 3.15. The molecule has 20 heteroatoms. The highest BCUT2D eigenvalue weighted by Crippen LogP contribution is 2.27. The molecule has 2 aromatic heterocycles. The van der Waals surface area contributed by atoms with Crippen molar-refractivity contribution in [1.82, 2.24) is 29.9 Å². The van der Waals surface area contributed by atoms with Gasteiger partial charge >= 0.3 is 0 Å². The normalized spacial score (nSPS) is 16.5. The van der Waals surface area contributed by atoms with Crippen LogP contribution in [-0.2, 0) is 31.6 Å². The van der Waals surface area contributed by atoms with Crippen LogP contribution in [0.5, 0.6) is 0 Å². The molecule has 0 aliphatic carbocycles. The van der Waals surface area contributed by atoms with Gasteiger partial charge in [-0.05, 0) is 35.4 Å². The predicted octanol–water partition coefficient (Wildman–Crippen LogP) is 1.71. The number of rotatable bonds is 10. The lowest BCUT2D eigenvalue weighted by Crippen LogP contribution is -2.37. The van der Waals surface area contributed by atoms with Gasteiger partial charge in [0.2, 0.25) is 35.7 Å². The molecule has 252 valence electrons. The summed E-state index contributed by atoms with van der Waals surface area (Å²) in [5.41, 5.74) is 13.5. The molecule has 18 nitrogen and oxygen atoms in total. The number of anilines is 8. The second kappa shape index (κ2) is 14.9. The van der Waals surface area contributed by atoms with Crippen LogP contribution in [0.2, 0.25) is 0 Å². The molecule has 0 saturated carbocycles. The van der Waals surface area contributed by atoms with Crippen molar-refractivity contribution < 1.29 is 27.0 Å². The topological polar surface area (TPSA) is 253 Å². The number of hydrogen-bond donors (Lipinski definition) is 6. The lowest BCUT2D eigenvalue weighted by molar-refractivity contribution is 0.122. The Morgan fingerprint density at radius 3 is 1.42 bits per heavy atom. The van der Waals surface area contributed by atoms with Crippen LogP contribution in [0.1, 0.15) is 11.1 Å². The van der Waals surface area contributed by atoms with E-state index >= 15 is 0 Å². The molecular weight excluding hydrogens is 665 g/mol. The molecule has 6 rings (SSSR count). The van der Waals surface area contributed by atoms with Crippen molar-refractivity contribution in [2.75, 3.05) is 84.5 Å². The fourth-order valence-electron chi connectivity index (χ4n) is 4.92. The number of nitrogens with zero attached hydrogens (tertiary/aromatic N) is 8. The summed E-state index contributed by atoms with van der Waals surface area (Å²) in [6.45, 7) is 4.58. The monoisotopic (exact) mass is 696 g/mol. The standard InChI is InChI=1S/C28H32N12O6S2/c29-23-33-25(37-27(35-23)39-7-11-45-12-8-39)31-19-5-3-17(21(15-19)47(41)42)1-2-18-4-6-20(16-22(18)48(43)44)32-26-34-24(30)36-28(38-26)40-9-13-46-14-10-40/h1-6,15-16H,7-14H2,(H,41,42)(H,43,44)(H3,29,31,33,35,37)(H3,30,32,34,36,38)/b2-1+. The van der Waals surface area contributed by atoms with Crippen molar-refractivity contribution in [3.05, 3.63) is 47.5 Å². The van der Waals surface area contributed by atoms with E-state index in [2.05, 4.69) is 40.5 Å². The third-order valence-electron chi connectivity index (χ3n) is 7.23. The number of hydrogen-bond acceptors (Lipinski definition) is 16. The summed E-state index contributed by atoms with van der Waals surface area (Å²) in [5, 5.41) is 6.03. The van der Waals surface area contributed by atoms with Gasteiger partial charge in [0.25, 0.3) is 0 Å².